The monoisotopic (exact) mass is 341 g/mol. The van der Waals surface area contributed by atoms with Crippen molar-refractivity contribution in [1.82, 2.24) is 10.3 Å². The minimum atomic E-state index is 0.415. The number of nitrogens with one attached hydrogen (secondary N) is 3. The molecule has 0 unspecified atom stereocenters. The maximum atomic E-state index is 8.37. The van der Waals surface area contributed by atoms with Crippen molar-refractivity contribution < 1.29 is 0 Å². The number of aryl methyl sites for hydroxylation is 1. The smallest absolute Gasteiger partial charge is 0.137 e. The highest BCUT2D eigenvalue weighted by atomic mass is 15.2. The van der Waals surface area contributed by atoms with Gasteiger partial charge in [-0.25, -0.2) is 4.98 Å². The first-order valence-electron chi connectivity index (χ1n) is 9.14. The lowest BCUT2D eigenvalue weighted by Crippen LogP contribution is -2.44. The molecule has 1 saturated heterocycles. The lowest BCUT2D eigenvalue weighted by Gasteiger charge is -2.34. The first kappa shape index (κ1) is 19.3. The van der Waals surface area contributed by atoms with Crippen LogP contribution in [0.25, 0.3) is 0 Å². The molecular formula is C20H31N5. The molecule has 1 fully saturated rings. The van der Waals surface area contributed by atoms with Crippen LogP contribution in [-0.2, 0) is 0 Å². The zero-order chi connectivity index (χ0) is 18.4. The molecule has 3 N–H and O–H groups in total. The highest BCUT2D eigenvalue weighted by Crippen LogP contribution is 2.24. The highest BCUT2D eigenvalue weighted by molar-refractivity contribution is 6.12. The number of pyridine rings is 1. The minimum absolute atomic E-state index is 0.415. The predicted octanol–water partition coefficient (Wildman–Crippen LogP) is 3.57. The van der Waals surface area contributed by atoms with E-state index in [1.165, 1.54) is 0 Å². The Bertz CT molecular complexity index is 639. The molecule has 0 atom stereocenters. The average Bonchev–Trinajstić information content (AvgIpc) is 2.58. The largest absolute Gasteiger partial charge is 0.356 e. The summed E-state index contributed by atoms with van der Waals surface area (Å²) in [7, 11) is 0. The molecule has 0 spiro atoms. The fraction of sp³-hybridized carbons (Fsp3) is 0.550. The first-order chi connectivity index (χ1) is 11.9. The van der Waals surface area contributed by atoms with Crippen molar-refractivity contribution in [1.29, 1.82) is 10.8 Å². The fourth-order valence-corrected chi connectivity index (χ4v) is 3.01. The molecule has 0 radical (unpaired) electrons. The van der Waals surface area contributed by atoms with Crippen molar-refractivity contribution in [2.24, 2.45) is 5.92 Å². The van der Waals surface area contributed by atoms with Crippen LogP contribution >= 0.6 is 0 Å². The van der Waals surface area contributed by atoms with Crippen LogP contribution in [0, 0.1) is 23.7 Å². The molecule has 2 heterocycles. The molecule has 1 aliphatic rings. The summed E-state index contributed by atoms with van der Waals surface area (Å²) in [5.74, 6) is 1.57. The molecule has 0 aromatic carbocycles. The van der Waals surface area contributed by atoms with E-state index in [1.54, 1.807) is 19.1 Å². The molecule has 136 valence electrons. The van der Waals surface area contributed by atoms with Crippen LogP contribution in [0.5, 0.6) is 0 Å². The van der Waals surface area contributed by atoms with Crippen LogP contribution in [-0.4, -0.2) is 42.1 Å². The Hall–Kier alpha value is -2.01. The van der Waals surface area contributed by atoms with Crippen molar-refractivity contribution in [3.8, 4) is 0 Å². The van der Waals surface area contributed by atoms with Gasteiger partial charge in [-0.15, -0.1) is 0 Å². The van der Waals surface area contributed by atoms with Gasteiger partial charge in [-0.3, -0.25) is 0 Å². The van der Waals surface area contributed by atoms with Gasteiger partial charge in [0.15, 0.2) is 0 Å². The van der Waals surface area contributed by atoms with Gasteiger partial charge in [-0.05, 0) is 62.9 Å². The second-order valence-corrected chi connectivity index (χ2v) is 7.38. The van der Waals surface area contributed by atoms with Crippen LogP contribution < -0.4 is 10.2 Å². The second-order valence-electron chi connectivity index (χ2n) is 7.38. The van der Waals surface area contributed by atoms with Gasteiger partial charge in [0.1, 0.15) is 5.82 Å². The number of anilines is 1. The van der Waals surface area contributed by atoms with E-state index in [0.717, 1.165) is 49.4 Å². The van der Waals surface area contributed by atoms with E-state index < -0.39 is 0 Å². The summed E-state index contributed by atoms with van der Waals surface area (Å²) in [6, 6.07) is 2.60. The maximum Gasteiger partial charge on any atom is 0.137 e. The third-order valence-corrected chi connectivity index (χ3v) is 4.40. The Morgan fingerprint density at radius 2 is 2.00 bits per heavy atom. The number of allylic oxidation sites excluding steroid dienone is 2. The summed E-state index contributed by atoms with van der Waals surface area (Å²) in [6.45, 7) is 11.2. The average molecular weight is 342 g/mol. The van der Waals surface area contributed by atoms with Gasteiger partial charge in [0.2, 0.25) is 0 Å². The summed E-state index contributed by atoms with van der Waals surface area (Å²) in [5, 5.41) is 19.5. The number of hydrogen-bond donors (Lipinski definition) is 3. The molecule has 25 heavy (non-hydrogen) atoms. The van der Waals surface area contributed by atoms with Gasteiger partial charge >= 0.3 is 0 Å². The van der Waals surface area contributed by atoms with Crippen molar-refractivity contribution in [3.63, 3.8) is 0 Å². The molecule has 0 aliphatic carbocycles. The molecule has 1 aromatic rings. The van der Waals surface area contributed by atoms with Crippen molar-refractivity contribution in [2.45, 2.75) is 46.6 Å². The van der Waals surface area contributed by atoms with Crippen LogP contribution in [0.2, 0.25) is 0 Å². The van der Waals surface area contributed by atoms with Gasteiger partial charge < -0.3 is 21.0 Å². The Morgan fingerprint density at radius 1 is 1.32 bits per heavy atom. The molecule has 5 heteroatoms. The molecule has 5 nitrogen and oxygen atoms in total. The van der Waals surface area contributed by atoms with E-state index in [2.05, 4.69) is 29.0 Å². The van der Waals surface area contributed by atoms with Crippen molar-refractivity contribution in [3.05, 3.63) is 35.5 Å². The molecule has 0 amide bonds. The first-order valence-corrected chi connectivity index (χ1v) is 9.14. The minimum Gasteiger partial charge on any atom is -0.356 e. The zero-order valence-corrected chi connectivity index (χ0v) is 15.9. The Kier molecular flexibility index (Phi) is 6.88. The van der Waals surface area contributed by atoms with E-state index in [0.29, 0.717) is 23.4 Å². The predicted molar refractivity (Wildman–Crippen MR) is 106 cm³/mol. The topological polar surface area (TPSA) is 75.9 Å². The summed E-state index contributed by atoms with van der Waals surface area (Å²) >= 11 is 0. The summed E-state index contributed by atoms with van der Waals surface area (Å²) in [4.78, 5) is 6.92. The molecule has 1 aliphatic heterocycles. The van der Waals surface area contributed by atoms with E-state index in [4.69, 9.17) is 10.8 Å². The Labute approximate surface area is 151 Å². The third kappa shape index (κ3) is 5.78. The van der Waals surface area contributed by atoms with Crippen molar-refractivity contribution in [2.75, 3.05) is 24.5 Å². The fourth-order valence-electron chi connectivity index (χ4n) is 3.01. The molecule has 2 rings (SSSR count). The quantitative estimate of drug-likeness (QED) is 0.664. The lowest BCUT2D eigenvalue weighted by molar-refractivity contribution is 0.391. The number of hydrogen-bond acceptors (Lipinski definition) is 5. The number of piperidine rings is 1. The van der Waals surface area contributed by atoms with Crippen LogP contribution in [0.15, 0.2) is 24.4 Å². The van der Waals surface area contributed by atoms with Crippen LogP contribution in [0.4, 0.5) is 5.82 Å². The Morgan fingerprint density at radius 3 is 2.60 bits per heavy atom. The van der Waals surface area contributed by atoms with E-state index in [-0.39, 0.29) is 0 Å². The van der Waals surface area contributed by atoms with Gasteiger partial charge in [-0.2, -0.15) is 0 Å². The standard InChI is InChI=1S/C20H31N5/c1-14(2)12-23-17-7-9-25(10-8-17)20-18(11-15(3)13-24-20)19(22)6-5-16(4)21/h5-6,11,13-14,17,21-23H,7-10,12H2,1-4H3/b6-5-,21-16?,22-19?. The molecule has 0 saturated carbocycles. The third-order valence-electron chi connectivity index (χ3n) is 4.40. The number of rotatable bonds is 7. The van der Waals surface area contributed by atoms with Gasteiger partial charge in [0.05, 0.1) is 5.71 Å². The van der Waals surface area contributed by atoms with Gasteiger partial charge in [0.25, 0.3) is 0 Å². The second kappa shape index (κ2) is 8.90. The highest BCUT2D eigenvalue weighted by Gasteiger charge is 2.22. The van der Waals surface area contributed by atoms with E-state index >= 15 is 0 Å². The molecule has 0 bridgehead atoms. The number of nitrogens with zero attached hydrogens (tertiary/aromatic N) is 2. The maximum absolute atomic E-state index is 8.37. The normalized spacial score (nSPS) is 16.0. The summed E-state index contributed by atoms with van der Waals surface area (Å²) in [6.07, 6.45) is 7.44. The number of aromatic nitrogens is 1. The Balaban J connectivity index is 2.10. The molecular weight excluding hydrogens is 310 g/mol. The van der Waals surface area contributed by atoms with E-state index in [1.807, 2.05) is 19.2 Å². The van der Waals surface area contributed by atoms with Crippen molar-refractivity contribution >= 4 is 17.2 Å². The summed E-state index contributed by atoms with van der Waals surface area (Å²) in [5.41, 5.74) is 2.77. The van der Waals surface area contributed by atoms with Gasteiger partial charge in [0, 0.05) is 36.6 Å². The van der Waals surface area contributed by atoms with Crippen LogP contribution in [0.1, 0.15) is 44.7 Å². The van der Waals surface area contributed by atoms with E-state index in [9.17, 15) is 0 Å². The van der Waals surface area contributed by atoms with Gasteiger partial charge in [-0.1, -0.05) is 13.8 Å². The molecule has 1 aromatic heterocycles. The zero-order valence-electron chi connectivity index (χ0n) is 15.9. The van der Waals surface area contributed by atoms with Crippen LogP contribution in [0.3, 0.4) is 0 Å². The summed E-state index contributed by atoms with van der Waals surface area (Å²) < 4.78 is 0. The SMILES string of the molecule is CC(=N)/C=C\C(=N)c1cc(C)cnc1N1CCC(NCC(C)C)CC1. The lowest BCUT2D eigenvalue weighted by atomic mass is 10.0.